The predicted octanol–water partition coefficient (Wildman–Crippen LogP) is 2.84. The van der Waals surface area contributed by atoms with Gasteiger partial charge in [0.15, 0.2) is 0 Å². The molecule has 0 radical (unpaired) electrons. The molecule has 3 rings (SSSR count). The molecular weight excluding hydrogens is 328 g/mol. The van der Waals surface area contributed by atoms with E-state index in [0.29, 0.717) is 6.61 Å². The standard InChI is InChI=1S/C21H26O3Si/c1-21(2,3)25(17-10-6-4-7-11-17,18-12-8-5-9-13-18)24-19-14-15-23-20(19)16-22/h4-14,20,22H,15-16H2,1-3H3. The second-order valence-corrected chi connectivity index (χ2v) is 11.6. The number of benzene rings is 2. The van der Waals surface area contributed by atoms with Gasteiger partial charge >= 0.3 is 8.32 Å². The van der Waals surface area contributed by atoms with Gasteiger partial charge in [-0.1, -0.05) is 81.4 Å². The minimum atomic E-state index is -2.63. The third kappa shape index (κ3) is 3.30. The van der Waals surface area contributed by atoms with Crippen LogP contribution in [0, 0.1) is 0 Å². The summed E-state index contributed by atoms with van der Waals surface area (Å²) in [6, 6.07) is 21.0. The zero-order chi connectivity index (χ0) is 17.9. The van der Waals surface area contributed by atoms with Crippen molar-refractivity contribution in [1.82, 2.24) is 0 Å². The molecule has 132 valence electrons. The maximum absolute atomic E-state index is 9.65. The molecule has 2 aromatic rings. The van der Waals surface area contributed by atoms with Gasteiger partial charge < -0.3 is 14.3 Å². The molecule has 25 heavy (non-hydrogen) atoms. The van der Waals surface area contributed by atoms with E-state index in [0.717, 1.165) is 5.76 Å². The van der Waals surface area contributed by atoms with Crippen LogP contribution < -0.4 is 10.4 Å². The van der Waals surface area contributed by atoms with Gasteiger partial charge in [-0.05, 0) is 21.5 Å². The van der Waals surface area contributed by atoms with E-state index in [1.54, 1.807) is 0 Å². The largest absolute Gasteiger partial charge is 0.535 e. The summed E-state index contributed by atoms with van der Waals surface area (Å²) >= 11 is 0. The molecule has 0 aromatic heterocycles. The van der Waals surface area contributed by atoms with Crippen LogP contribution in [0.15, 0.2) is 72.5 Å². The molecule has 3 nitrogen and oxygen atoms in total. The molecule has 0 saturated heterocycles. The van der Waals surface area contributed by atoms with Gasteiger partial charge in [0, 0.05) is 0 Å². The Hall–Kier alpha value is -1.88. The van der Waals surface area contributed by atoms with Crippen LogP contribution in [0.25, 0.3) is 0 Å². The van der Waals surface area contributed by atoms with Gasteiger partial charge in [0.1, 0.15) is 11.9 Å². The molecule has 0 bridgehead atoms. The van der Waals surface area contributed by atoms with E-state index in [9.17, 15) is 5.11 Å². The zero-order valence-electron chi connectivity index (χ0n) is 15.1. The fraction of sp³-hybridized carbons (Fsp3) is 0.333. The fourth-order valence-electron chi connectivity index (χ4n) is 3.54. The highest BCUT2D eigenvalue weighted by Gasteiger charge is 2.53. The van der Waals surface area contributed by atoms with Crippen LogP contribution in [0.2, 0.25) is 5.04 Å². The van der Waals surface area contributed by atoms with Gasteiger partial charge in [-0.3, -0.25) is 0 Å². The smallest absolute Gasteiger partial charge is 0.319 e. The molecule has 1 unspecified atom stereocenters. The van der Waals surface area contributed by atoms with Crippen LogP contribution in [0.5, 0.6) is 0 Å². The van der Waals surface area contributed by atoms with Crippen molar-refractivity contribution in [3.63, 3.8) is 0 Å². The molecule has 0 saturated carbocycles. The Bertz CT molecular complexity index is 680. The lowest BCUT2D eigenvalue weighted by Gasteiger charge is -2.43. The first-order chi connectivity index (χ1) is 12.0. The summed E-state index contributed by atoms with van der Waals surface area (Å²) in [6.07, 6.45) is 1.59. The highest BCUT2D eigenvalue weighted by molar-refractivity contribution is 6.99. The fourth-order valence-corrected chi connectivity index (χ4v) is 8.04. The van der Waals surface area contributed by atoms with Crippen molar-refractivity contribution in [2.75, 3.05) is 13.2 Å². The van der Waals surface area contributed by atoms with E-state index < -0.39 is 8.32 Å². The lowest BCUT2D eigenvalue weighted by molar-refractivity contribution is 0.0503. The molecule has 0 aliphatic carbocycles. The summed E-state index contributed by atoms with van der Waals surface area (Å²) in [5, 5.41) is 12.0. The van der Waals surface area contributed by atoms with Gasteiger partial charge in [0.25, 0.3) is 0 Å². The number of ether oxygens (including phenoxy) is 1. The number of hydrogen-bond donors (Lipinski definition) is 1. The van der Waals surface area contributed by atoms with Gasteiger partial charge in [-0.25, -0.2) is 0 Å². The molecule has 0 fully saturated rings. The first kappa shape index (κ1) is 17.9. The van der Waals surface area contributed by atoms with E-state index in [-0.39, 0.29) is 17.7 Å². The van der Waals surface area contributed by atoms with Crippen molar-refractivity contribution in [1.29, 1.82) is 0 Å². The molecule has 0 spiro atoms. The summed E-state index contributed by atoms with van der Waals surface area (Å²) < 4.78 is 12.5. The monoisotopic (exact) mass is 354 g/mol. The van der Waals surface area contributed by atoms with E-state index in [1.165, 1.54) is 10.4 Å². The average Bonchev–Trinajstić information content (AvgIpc) is 3.07. The van der Waals surface area contributed by atoms with Crippen molar-refractivity contribution >= 4 is 18.7 Å². The average molecular weight is 355 g/mol. The topological polar surface area (TPSA) is 38.7 Å². The molecule has 1 heterocycles. The Morgan fingerprint density at radius 1 is 1.00 bits per heavy atom. The Kier molecular flexibility index (Phi) is 5.13. The lowest BCUT2D eigenvalue weighted by atomic mass is 10.2. The summed E-state index contributed by atoms with van der Waals surface area (Å²) in [4.78, 5) is 0. The number of aliphatic hydroxyl groups is 1. The third-order valence-electron chi connectivity index (χ3n) is 4.75. The Labute approximate surface area is 151 Å². The lowest BCUT2D eigenvalue weighted by Crippen LogP contribution is -2.66. The van der Waals surface area contributed by atoms with Crippen LogP contribution in [0.3, 0.4) is 0 Å². The Balaban J connectivity index is 2.19. The predicted molar refractivity (Wildman–Crippen MR) is 104 cm³/mol. The molecule has 1 aliphatic rings. The maximum Gasteiger partial charge on any atom is 0.319 e. The number of aliphatic hydroxyl groups excluding tert-OH is 1. The second kappa shape index (κ2) is 7.16. The Morgan fingerprint density at radius 3 is 1.96 bits per heavy atom. The highest BCUT2D eigenvalue weighted by atomic mass is 28.4. The first-order valence-corrected chi connectivity index (χ1v) is 10.6. The molecular formula is C21H26O3Si. The highest BCUT2D eigenvalue weighted by Crippen LogP contribution is 2.39. The summed E-state index contributed by atoms with van der Waals surface area (Å²) in [5.41, 5.74) is 0. The SMILES string of the molecule is CC(C)(C)[Si](OC1=CCOC1CO)(c1ccccc1)c1ccccc1. The number of rotatable bonds is 5. The molecule has 0 amide bonds. The minimum absolute atomic E-state index is 0.0654. The quantitative estimate of drug-likeness (QED) is 0.839. The maximum atomic E-state index is 9.65. The van der Waals surface area contributed by atoms with Crippen molar-refractivity contribution in [3.05, 3.63) is 72.5 Å². The Morgan fingerprint density at radius 2 is 1.52 bits per heavy atom. The molecule has 1 N–H and O–H groups in total. The first-order valence-electron chi connectivity index (χ1n) is 8.71. The van der Waals surface area contributed by atoms with E-state index in [1.807, 2.05) is 18.2 Å². The number of hydrogen-bond acceptors (Lipinski definition) is 3. The van der Waals surface area contributed by atoms with Gasteiger partial charge in [-0.2, -0.15) is 0 Å². The molecule has 4 heteroatoms. The van der Waals surface area contributed by atoms with Crippen LogP contribution in [0.1, 0.15) is 20.8 Å². The zero-order valence-corrected chi connectivity index (χ0v) is 16.1. The second-order valence-electron chi connectivity index (χ2n) is 7.38. The molecule has 1 aliphatic heterocycles. The van der Waals surface area contributed by atoms with Gasteiger partial charge in [0.05, 0.1) is 13.2 Å². The van der Waals surface area contributed by atoms with Crippen molar-refractivity contribution in [3.8, 4) is 0 Å². The van der Waals surface area contributed by atoms with Crippen molar-refractivity contribution in [2.24, 2.45) is 0 Å². The van der Waals surface area contributed by atoms with Crippen LogP contribution >= 0.6 is 0 Å². The van der Waals surface area contributed by atoms with E-state index in [4.69, 9.17) is 9.16 Å². The van der Waals surface area contributed by atoms with Crippen molar-refractivity contribution < 1.29 is 14.3 Å². The molecule has 1 atom stereocenters. The molecule has 2 aromatic carbocycles. The van der Waals surface area contributed by atoms with Gasteiger partial charge in [-0.15, -0.1) is 0 Å². The summed E-state index contributed by atoms with van der Waals surface area (Å²) in [7, 11) is -2.63. The summed E-state index contributed by atoms with van der Waals surface area (Å²) in [6.45, 7) is 7.14. The van der Waals surface area contributed by atoms with E-state index >= 15 is 0 Å². The van der Waals surface area contributed by atoms with Crippen LogP contribution in [-0.2, 0) is 9.16 Å². The van der Waals surface area contributed by atoms with E-state index in [2.05, 4.69) is 69.3 Å². The van der Waals surface area contributed by atoms with Crippen molar-refractivity contribution in [2.45, 2.75) is 31.9 Å². The summed E-state index contributed by atoms with van der Waals surface area (Å²) in [5.74, 6) is 0.761. The normalized spacial score (nSPS) is 18.1. The minimum Gasteiger partial charge on any atom is -0.535 e. The van der Waals surface area contributed by atoms with Gasteiger partial charge in [0.2, 0.25) is 0 Å². The van der Waals surface area contributed by atoms with Crippen LogP contribution in [0.4, 0.5) is 0 Å². The third-order valence-corrected chi connectivity index (χ3v) is 9.70. The van der Waals surface area contributed by atoms with Crippen LogP contribution in [-0.4, -0.2) is 32.7 Å².